The maximum atomic E-state index is 13.9. The van der Waals surface area contributed by atoms with Gasteiger partial charge in [-0.2, -0.15) is 5.10 Å². The van der Waals surface area contributed by atoms with Gasteiger partial charge in [0.1, 0.15) is 17.1 Å². The van der Waals surface area contributed by atoms with Crippen LogP contribution in [0.25, 0.3) is 0 Å². The highest BCUT2D eigenvalue weighted by Crippen LogP contribution is 2.35. The Hall–Kier alpha value is -3.23. The average Bonchev–Trinajstić information content (AvgIpc) is 3.21. The van der Waals surface area contributed by atoms with Gasteiger partial charge in [-0.15, -0.1) is 0 Å². The lowest BCUT2D eigenvalue weighted by Crippen LogP contribution is -2.65. The minimum Gasteiger partial charge on any atom is -0.461 e. The second-order valence-corrected chi connectivity index (χ2v) is 9.65. The van der Waals surface area contributed by atoms with Crippen molar-refractivity contribution in [3.63, 3.8) is 0 Å². The van der Waals surface area contributed by atoms with E-state index in [0.29, 0.717) is 11.3 Å². The van der Waals surface area contributed by atoms with Gasteiger partial charge in [0.25, 0.3) is 5.91 Å². The highest BCUT2D eigenvalue weighted by molar-refractivity contribution is 6.12. The van der Waals surface area contributed by atoms with Crippen molar-refractivity contribution < 1.29 is 23.5 Å². The smallest absolute Gasteiger partial charge is 0.358 e. The van der Waals surface area contributed by atoms with E-state index in [1.807, 2.05) is 0 Å². The number of rotatable bonds is 5. The maximum Gasteiger partial charge on any atom is 0.358 e. The van der Waals surface area contributed by atoms with E-state index in [1.165, 1.54) is 40.3 Å². The number of nitrogens with one attached hydrogen (secondary N) is 1. The number of halogens is 1. The molecule has 2 aliphatic rings. The molecule has 0 saturated heterocycles. The van der Waals surface area contributed by atoms with Crippen molar-refractivity contribution in [1.82, 2.24) is 15.1 Å². The van der Waals surface area contributed by atoms with E-state index in [-0.39, 0.29) is 36.5 Å². The Morgan fingerprint density at radius 1 is 1.17 bits per heavy atom. The molecule has 9 heteroatoms. The molecule has 0 spiro atoms. The molecule has 1 aromatic heterocycles. The van der Waals surface area contributed by atoms with E-state index in [2.05, 4.69) is 10.4 Å². The summed E-state index contributed by atoms with van der Waals surface area (Å²) in [4.78, 5) is 41.3. The first-order valence-electron chi connectivity index (χ1n) is 12.4. The fourth-order valence-electron chi connectivity index (χ4n) is 5.07. The Morgan fingerprint density at radius 3 is 2.51 bits per heavy atom. The first kappa shape index (κ1) is 24.9. The number of hydrogen-bond donors (Lipinski definition) is 1. The van der Waals surface area contributed by atoms with Crippen LogP contribution in [0, 0.1) is 12.7 Å². The molecule has 1 atom stereocenters. The summed E-state index contributed by atoms with van der Waals surface area (Å²) in [5.41, 5.74) is -0.185. The SMILES string of the molecule is CCOC(=O)c1cc2n(n1)CC(C)(C(=O)NC1CCCCCCC1)N(c1ccc(F)cc1C)C2=O. The van der Waals surface area contributed by atoms with Crippen molar-refractivity contribution >= 4 is 23.5 Å². The number of carbonyl (C=O) groups is 3. The second kappa shape index (κ2) is 10.2. The van der Waals surface area contributed by atoms with Gasteiger partial charge in [-0.1, -0.05) is 32.1 Å². The summed E-state index contributed by atoms with van der Waals surface area (Å²) in [6.45, 7) is 5.31. The van der Waals surface area contributed by atoms with Crippen molar-refractivity contribution in [2.45, 2.75) is 83.8 Å². The van der Waals surface area contributed by atoms with E-state index >= 15 is 0 Å². The molecule has 0 bridgehead atoms. The molecule has 2 amide bonds. The van der Waals surface area contributed by atoms with E-state index in [4.69, 9.17) is 4.74 Å². The molecule has 1 unspecified atom stereocenters. The van der Waals surface area contributed by atoms with Gasteiger partial charge in [-0.05, 0) is 57.4 Å². The van der Waals surface area contributed by atoms with E-state index in [0.717, 1.165) is 38.5 Å². The molecule has 4 rings (SSSR count). The predicted octanol–water partition coefficient (Wildman–Crippen LogP) is 4.16. The number of amides is 2. The van der Waals surface area contributed by atoms with Gasteiger partial charge in [-0.25, -0.2) is 9.18 Å². The highest BCUT2D eigenvalue weighted by Gasteiger charge is 2.50. The molecule has 0 radical (unpaired) electrons. The fourth-order valence-corrected chi connectivity index (χ4v) is 5.07. The van der Waals surface area contributed by atoms with Crippen LogP contribution in [-0.2, 0) is 16.1 Å². The third-order valence-corrected chi connectivity index (χ3v) is 6.97. The Balaban J connectivity index is 1.74. The van der Waals surface area contributed by atoms with Gasteiger partial charge < -0.3 is 10.1 Å². The third-order valence-electron chi connectivity index (χ3n) is 6.97. The lowest BCUT2D eigenvalue weighted by molar-refractivity contribution is -0.127. The summed E-state index contributed by atoms with van der Waals surface area (Å²) in [6, 6.07) is 5.55. The Kier molecular flexibility index (Phi) is 7.23. The molecule has 1 fully saturated rings. The van der Waals surface area contributed by atoms with Crippen molar-refractivity contribution in [3.05, 3.63) is 47.0 Å². The zero-order chi connectivity index (χ0) is 25.2. The zero-order valence-corrected chi connectivity index (χ0v) is 20.6. The highest BCUT2D eigenvalue weighted by atomic mass is 19.1. The monoisotopic (exact) mass is 484 g/mol. The number of ether oxygens (including phenoxy) is 1. The van der Waals surface area contributed by atoms with Gasteiger partial charge in [0, 0.05) is 17.8 Å². The molecular weight excluding hydrogens is 451 g/mol. The quantitative estimate of drug-likeness (QED) is 0.644. The molecule has 8 nitrogen and oxygen atoms in total. The first-order valence-corrected chi connectivity index (χ1v) is 12.4. The van der Waals surface area contributed by atoms with Gasteiger partial charge in [-0.3, -0.25) is 19.2 Å². The maximum absolute atomic E-state index is 13.9. The Morgan fingerprint density at radius 2 is 1.86 bits per heavy atom. The summed E-state index contributed by atoms with van der Waals surface area (Å²) < 4.78 is 20.3. The molecular formula is C26H33FN4O4. The summed E-state index contributed by atoms with van der Waals surface area (Å²) >= 11 is 0. The topological polar surface area (TPSA) is 93.5 Å². The van der Waals surface area contributed by atoms with Crippen LogP contribution < -0.4 is 10.2 Å². The van der Waals surface area contributed by atoms with Crippen LogP contribution in [0.1, 0.15) is 85.3 Å². The summed E-state index contributed by atoms with van der Waals surface area (Å²) in [6.07, 6.45) is 7.40. The van der Waals surface area contributed by atoms with Crippen LogP contribution in [-0.4, -0.2) is 45.8 Å². The first-order chi connectivity index (χ1) is 16.7. The zero-order valence-electron chi connectivity index (χ0n) is 20.6. The Bertz CT molecular complexity index is 1120. The number of fused-ring (bicyclic) bond motifs is 1. The van der Waals surface area contributed by atoms with Crippen LogP contribution in [0.4, 0.5) is 10.1 Å². The summed E-state index contributed by atoms with van der Waals surface area (Å²) in [5.74, 6) is -1.83. The van der Waals surface area contributed by atoms with E-state index < -0.39 is 23.2 Å². The minimum absolute atomic E-state index is 0.00987. The molecule has 1 N–H and O–H groups in total. The number of nitrogens with zero attached hydrogens (tertiary/aromatic N) is 3. The number of aryl methyl sites for hydroxylation is 1. The van der Waals surface area contributed by atoms with Crippen LogP contribution in [0.15, 0.2) is 24.3 Å². The van der Waals surface area contributed by atoms with Gasteiger partial charge in [0.2, 0.25) is 5.91 Å². The number of anilines is 1. The Labute approximate surface area is 204 Å². The summed E-state index contributed by atoms with van der Waals surface area (Å²) in [5, 5.41) is 7.48. The van der Waals surface area contributed by atoms with E-state index in [1.54, 1.807) is 20.8 Å². The van der Waals surface area contributed by atoms with Crippen LogP contribution >= 0.6 is 0 Å². The third kappa shape index (κ3) is 4.94. The number of aromatic nitrogens is 2. The van der Waals surface area contributed by atoms with Gasteiger partial charge >= 0.3 is 5.97 Å². The van der Waals surface area contributed by atoms with Crippen molar-refractivity contribution in [3.8, 4) is 0 Å². The lowest BCUT2D eigenvalue weighted by Gasteiger charge is -2.44. The van der Waals surface area contributed by atoms with Crippen LogP contribution in [0.3, 0.4) is 0 Å². The molecule has 1 saturated carbocycles. The van der Waals surface area contributed by atoms with Crippen LogP contribution in [0.5, 0.6) is 0 Å². The number of esters is 1. The van der Waals surface area contributed by atoms with E-state index in [9.17, 15) is 18.8 Å². The van der Waals surface area contributed by atoms with Gasteiger partial charge in [0.15, 0.2) is 5.69 Å². The molecule has 1 aromatic carbocycles. The largest absolute Gasteiger partial charge is 0.461 e. The lowest BCUT2D eigenvalue weighted by atomic mass is 9.91. The molecule has 35 heavy (non-hydrogen) atoms. The standard InChI is InChI=1S/C26H33FN4O4/c1-4-35-24(33)20-15-22-23(32)31(21-13-12-18(27)14-17(21)2)26(3,16-30(22)29-20)25(34)28-19-10-8-6-5-7-9-11-19/h12-15,19H,4-11,16H2,1-3H3,(H,28,34). The second-order valence-electron chi connectivity index (χ2n) is 9.65. The minimum atomic E-state index is -1.34. The van der Waals surface area contributed by atoms with Crippen LogP contribution in [0.2, 0.25) is 0 Å². The molecule has 1 aliphatic heterocycles. The molecule has 2 heterocycles. The fraction of sp³-hybridized carbons (Fsp3) is 0.538. The number of hydrogen-bond acceptors (Lipinski definition) is 5. The van der Waals surface area contributed by atoms with Gasteiger partial charge in [0.05, 0.1) is 13.2 Å². The number of benzene rings is 1. The molecule has 188 valence electrons. The molecule has 1 aliphatic carbocycles. The van der Waals surface area contributed by atoms with Crippen molar-refractivity contribution in [1.29, 1.82) is 0 Å². The average molecular weight is 485 g/mol. The summed E-state index contributed by atoms with van der Waals surface area (Å²) in [7, 11) is 0. The molecule has 2 aromatic rings. The van der Waals surface area contributed by atoms with Crippen molar-refractivity contribution in [2.24, 2.45) is 0 Å². The normalized spacial score (nSPS) is 21.1. The van der Waals surface area contributed by atoms with Crippen molar-refractivity contribution in [2.75, 3.05) is 11.5 Å². The predicted molar refractivity (Wildman–Crippen MR) is 129 cm³/mol. The number of carbonyl (C=O) groups excluding carboxylic acids is 3.